The van der Waals surface area contributed by atoms with E-state index in [0.717, 1.165) is 25.9 Å². The van der Waals surface area contributed by atoms with Crippen molar-refractivity contribution in [1.82, 2.24) is 0 Å². The molecule has 2 aliphatic carbocycles. The van der Waals surface area contributed by atoms with Crippen LogP contribution in [0.4, 0.5) is 0 Å². The van der Waals surface area contributed by atoms with Crippen LogP contribution in [0.1, 0.15) is 79.1 Å². The van der Waals surface area contributed by atoms with Crippen molar-refractivity contribution in [2.24, 2.45) is 0 Å². The van der Waals surface area contributed by atoms with Crippen LogP contribution in [0.15, 0.2) is 35.5 Å². The van der Waals surface area contributed by atoms with E-state index in [4.69, 9.17) is 0 Å². The maximum Gasteiger partial charge on any atom is 4.00 e. The van der Waals surface area contributed by atoms with Gasteiger partial charge in [-0.25, -0.2) is 23.3 Å². The number of allylic oxidation sites excluding steroid dienone is 8. The molecule has 0 spiro atoms. The molecule has 0 aromatic carbocycles. The van der Waals surface area contributed by atoms with Gasteiger partial charge in [0.05, 0.1) is 0 Å². The SMILES string of the molecule is CCCCC1=[C-]CC=C1.CCCCC1=[C-]CC=C1.CC[N-]CC.[Cl-].[Zr+4]. The zero-order valence-electron chi connectivity index (χ0n) is 16.7. The van der Waals surface area contributed by atoms with E-state index >= 15 is 0 Å². The van der Waals surface area contributed by atoms with Crippen molar-refractivity contribution in [3.8, 4) is 0 Å². The average molecular weight is 441 g/mol. The normalized spacial score (nSPS) is 13.4. The van der Waals surface area contributed by atoms with Crippen LogP contribution in [0.25, 0.3) is 5.32 Å². The predicted octanol–water partition coefficient (Wildman–Crippen LogP) is 4.13. The Balaban J connectivity index is -0.000000291. The minimum Gasteiger partial charge on any atom is -1.00 e. The molecule has 0 aromatic rings. The Bertz CT molecular complexity index is 347. The molecule has 0 aliphatic heterocycles. The first-order chi connectivity index (χ1) is 11.3. The Hall–Kier alpha value is 0.0931. The first-order valence-corrected chi connectivity index (χ1v) is 9.44. The zero-order chi connectivity index (χ0) is 17.2. The summed E-state index contributed by atoms with van der Waals surface area (Å²) in [5, 5.41) is 3.97. The third-order valence-corrected chi connectivity index (χ3v) is 3.58. The van der Waals surface area contributed by atoms with Crippen LogP contribution in [0.5, 0.6) is 0 Å². The average Bonchev–Trinajstić information content (AvgIpc) is 3.26. The number of unbranched alkanes of at least 4 members (excludes halogenated alkanes) is 2. The van der Waals surface area contributed by atoms with Gasteiger partial charge in [0.25, 0.3) is 0 Å². The number of rotatable bonds is 8. The molecule has 0 saturated heterocycles. The van der Waals surface area contributed by atoms with Gasteiger partial charge in [-0.2, -0.15) is 25.2 Å². The second kappa shape index (κ2) is 24.1. The molecule has 0 atom stereocenters. The number of hydrogen-bond donors (Lipinski definition) is 0. The molecule has 140 valence electrons. The van der Waals surface area contributed by atoms with Gasteiger partial charge in [-0.15, -0.1) is 12.8 Å². The number of nitrogens with zero attached hydrogens (tertiary/aromatic N) is 1. The summed E-state index contributed by atoms with van der Waals surface area (Å²) in [6, 6.07) is 0. The minimum absolute atomic E-state index is 0. The molecule has 25 heavy (non-hydrogen) atoms. The molecule has 0 aromatic heterocycles. The summed E-state index contributed by atoms with van der Waals surface area (Å²) in [4.78, 5) is 0. The van der Waals surface area contributed by atoms with Gasteiger partial charge in [-0.3, -0.25) is 12.2 Å². The van der Waals surface area contributed by atoms with Crippen LogP contribution in [0, 0.1) is 12.2 Å². The fraction of sp³-hybridized carbons (Fsp3) is 0.636. The second-order valence-electron chi connectivity index (χ2n) is 5.68. The van der Waals surface area contributed by atoms with Crippen LogP contribution in [0.2, 0.25) is 0 Å². The Labute approximate surface area is 183 Å². The maximum atomic E-state index is 3.97. The van der Waals surface area contributed by atoms with E-state index in [9.17, 15) is 0 Å². The van der Waals surface area contributed by atoms with Crippen LogP contribution < -0.4 is 12.4 Å². The third-order valence-electron chi connectivity index (χ3n) is 3.58. The van der Waals surface area contributed by atoms with Crippen molar-refractivity contribution < 1.29 is 38.6 Å². The first-order valence-electron chi connectivity index (χ1n) is 9.44. The van der Waals surface area contributed by atoms with Gasteiger partial charge >= 0.3 is 26.2 Å². The molecule has 3 heteroatoms. The smallest absolute Gasteiger partial charge is 1.00 e. The van der Waals surface area contributed by atoms with Gasteiger partial charge in [0.15, 0.2) is 0 Å². The Kier molecular flexibility index (Phi) is 28.8. The van der Waals surface area contributed by atoms with Crippen molar-refractivity contribution in [1.29, 1.82) is 0 Å². The van der Waals surface area contributed by atoms with Crippen LogP contribution in [0.3, 0.4) is 0 Å². The van der Waals surface area contributed by atoms with Crippen molar-refractivity contribution in [3.63, 3.8) is 0 Å². The second-order valence-corrected chi connectivity index (χ2v) is 5.68. The van der Waals surface area contributed by atoms with E-state index < -0.39 is 0 Å². The Morgan fingerprint density at radius 1 is 0.800 bits per heavy atom. The predicted molar refractivity (Wildman–Crippen MR) is 105 cm³/mol. The van der Waals surface area contributed by atoms with E-state index in [1.54, 1.807) is 0 Å². The van der Waals surface area contributed by atoms with Crippen molar-refractivity contribution in [2.75, 3.05) is 13.1 Å². The van der Waals surface area contributed by atoms with E-state index in [2.05, 4.69) is 55.6 Å². The summed E-state index contributed by atoms with van der Waals surface area (Å²) < 4.78 is 0. The van der Waals surface area contributed by atoms with Crippen molar-refractivity contribution in [2.45, 2.75) is 79.1 Å². The maximum absolute atomic E-state index is 3.97. The minimum atomic E-state index is 0. The van der Waals surface area contributed by atoms with E-state index in [0.29, 0.717) is 0 Å². The molecule has 0 N–H and O–H groups in total. The Morgan fingerprint density at radius 2 is 1.20 bits per heavy atom. The van der Waals surface area contributed by atoms with Crippen molar-refractivity contribution >= 4 is 0 Å². The molecule has 0 heterocycles. The summed E-state index contributed by atoms with van der Waals surface area (Å²) in [6.45, 7) is 10.5. The van der Waals surface area contributed by atoms with E-state index in [1.807, 2.05) is 13.8 Å². The number of halogens is 1. The fourth-order valence-corrected chi connectivity index (χ4v) is 2.20. The molecule has 0 fully saturated rings. The van der Waals surface area contributed by atoms with E-state index in [-0.39, 0.29) is 38.6 Å². The molecular weight excluding hydrogens is 405 g/mol. The number of hydrogen-bond acceptors (Lipinski definition) is 0. The summed E-state index contributed by atoms with van der Waals surface area (Å²) in [5.74, 6) is 0. The molecule has 2 aliphatic rings. The van der Waals surface area contributed by atoms with Crippen LogP contribution in [-0.2, 0) is 26.2 Å². The summed E-state index contributed by atoms with van der Waals surface area (Å²) in [5.41, 5.74) is 2.83. The monoisotopic (exact) mass is 439 g/mol. The van der Waals surface area contributed by atoms with Crippen molar-refractivity contribution in [3.05, 3.63) is 52.9 Å². The quantitative estimate of drug-likeness (QED) is 0.503. The summed E-state index contributed by atoms with van der Waals surface area (Å²) in [7, 11) is 0. The molecule has 0 amide bonds. The fourth-order valence-electron chi connectivity index (χ4n) is 2.20. The van der Waals surface area contributed by atoms with Gasteiger partial charge in [-0.05, 0) is 0 Å². The topological polar surface area (TPSA) is 14.1 Å². The molecule has 2 rings (SSSR count). The standard InChI is InChI=1S/2C9H13.C4H10N.ClH.Zr/c2*1-2-3-6-9-7-4-5-8-9;1-3-5-4-2;;/h2*4,7H,2-3,5-6H2,1H3;3-4H2,1-2H3;1H;/q3*-1;;+4/p-1. The molecule has 0 radical (unpaired) electrons. The largest absolute Gasteiger partial charge is 4.00 e. The van der Waals surface area contributed by atoms with Gasteiger partial charge < -0.3 is 17.7 Å². The van der Waals surface area contributed by atoms with Gasteiger partial charge in [0.1, 0.15) is 0 Å². The first kappa shape index (κ1) is 29.8. The van der Waals surface area contributed by atoms with Crippen LogP contribution in [-0.4, -0.2) is 13.1 Å². The van der Waals surface area contributed by atoms with Gasteiger partial charge in [0, 0.05) is 0 Å². The van der Waals surface area contributed by atoms with E-state index in [1.165, 1.54) is 49.7 Å². The third kappa shape index (κ3) is 20.3. The molecule has 0 unspecified atom stereocenters. The Morgan fingerprint density at radius 3 is 1.40 bits per heavy atom. The zero-order valence-corrected chi connectivity index (χ0v) is 19.9. The summed E-state index contributed by atoms with van der Waals surface area (Å²) >= 11 is 0. The van der Waals surface area contributed by atoms with Gasteiger partial charge in [-0.1, -0.05) is 66.2 Å². The molecule has 1 nitrogen and oxygen atoms in total. The summed E-state index contributed by atoms with van der Waals surface area (Å²) in [6.07, 6.45) is 25.1. The van der Waals surface area contributed by atoms with Crippen LogP contribution >= 0.6 is 0 Å². The molecule has 0 bridgehead atoms. The molecular formula is C22H36ClNZr. The van der Waals surface area contributed by atoms with Gasteiger partial charge in [0.2, 0.25) is 0 Å². The molecule has 0 saturated carbocycles.